The van der Waals surface area contributed by atoms with Crippen LogP contribution in [0.25, 0.3) is 0 Å². The fraction of sp³-hybridized carbons (Fsp3) is 0.111. The topological polar surface area (TPSA) is 72.9 Å². The lowest BCUT2D eigenvalue weighted by atomic mass is 10.5. The number of thiophene rings is 1. The number of nitrogens with one attached hydrogen (secondary N) is 1. The van der Waals surface area contributed by atoms with E-state index in [0.717, 1.165) is 5.69 Å². The van der Waals surface area contributed by atoms with Crippen LogP contribution in [0.3, 0.4) is 0 Å². The summed E-state index contributed by atoms with van der Waals surface area (Å²) in [4.78, 5) is 11.5. The quantitative estimate of drug-likeness (QED) is 0.818. The third kappa shape index (κ3) is 2.57. The third-order valence-corrected chi connectivity index (χ3v) is 2.46. The van der Waals surface area contributed by atoms with Crippen LogP contribution >= 0.6 is 11.3 Å². The van der Waals surface area contributed by atoms with E-state index in [1.54, 1.807) is 12.3 Å². The number of carbonyl (C=O) groups excluding carboxylic acids is 1. The van der Waals surface area contributed by atoms with Crippen molar-refractivity contribution in [3.8, 4) is 0 Å². The maximum atomic E-state index is 11.5. The number of hydrogen-bond donors (Lipinski definition) is 2. The normalized spacial score (nSPS) is 10.1. The Bertz CT molecular complexity index is 448. The molecule has 2 rings (SSSR count). The van der Waals surface area contributed by atoms with E-state index in [4.69, 9.17) is 5.73 Å². The molecule has 0 aliphatic heterocycles. The van der Waals surface area contributed by atoms with Gasteiger partial charge in [-0.2, -0.15) is 16.4 Å². The lowest BCUT2D eigenvalue weighted by Crippen LogP contribution is -2.18. The van der Waals surface area contributed by atoms with Gasteiger partial charge in [0, 0.05) is 11.6 Å². The van der Waals surface area contributed by atoms with Gasteiger partial charge in [0.1, 0.15) is 12.4 Å². The van der Waals surface area contributed by atoms with Gasteiger partial charge in [0.15, 0.2) is 0 Å². The van der Waals surface area contributed by atoms with Crippen LogP contribution in [0.2, 0.25) is 0 Å². The number of carbonyl (C=O) groups is 1. The number of amides is 1. The van der Waals surface area contributed by atoms with Crippen molar-refractivity contribution in [2.24, 2.45) is 0 Å². The Hall–Kier alpha value is -1.82. The molecule has 0 radical (unpaired) electrons. The Labute approximate surface area is 90.5 Å². The van der Waals surface area contributed by atoms with Crippen molar-refractivity contribution in [3.05, 3.63) is 29.1 Å². The average molecular weight is 222 g/mol. The van der Waals surface area contributed by atoms with E-state index in [1.807, 2.05) is 16.8 Å². The average Bonchev–Trinajstić information content (AvgIpc) is 2.77. The molecule has 3 N–H and O–H groups in total. The number of aromatic nitrogens is 2. The molecule has 0 saturated carbocycles. The highest BCUT2D eigenvalue weighted by Crippen LogP contribution is 2.11. The smallest absolute Gasteiger partial charge is 0.246 e. The molecule has 2 aromatic heterocycles. The van der Waals surface area contributed by atoms with Crippen LogP contribution < -0.4 is 11.1 Å². The maximum absolute atomic E-state index is 11.5. The van der Waals surface area contributed by atoms with Crippen molar-refractivity contribution in [3.63, 3.8) is 0 Å². The third-order valence-electron chi connectivity index (χ3n) is 1.77. The van der Waals surface area contributed by atoms with Crippen LogP contribution in [-0.4, -0.2) is 15.7 Å². The maximum Gasteiger partial charge on any atom is 0.246 e. The molecular weight excluding hydrogens is 212 g/mol. The molecule has 0 aromatic carbocycles. The Morgan fingerprint density at radius 2 is 2.47 bits per heavy atom. The fourth-order valence-electron chi connectivity index (χ4n) is 1.15. The van der Waals surface area contributed by atoms with Gasteiger partial charge in [0.25, 0.3) is 0 Å². The summed E-state index contributed by atoms with van der Waals surface area (Å²) in [6.07, 6.45) is 1.67. The molecule has 0 unspecified atom stereocenters. The van der Waals surface area contributed by atoms with E-state index >= 15 is 0 Å². The van der Waals surface area contributed by atoms with Crippen molar-refractivity contribution in [1.29, 1.82) is 0 Å². The lowest BCUT2D eigenvalue weighted by Gasteiger charge is -2.02. The highest BCUT2D eigenvalue weighted by Gasteiger charge is 2.04. The minimum atomic E-state index is -0.114. The number of nitrogens with zero attached hydrogens (tertiary/aromatic N) is 2. The molecule has 0 bridgehead atoms. The zero-order valence-corrected chi connectivity index (χ0v) is 8.70. The van der Waals surface area contributed by atoms with Gasteiger partial charge in [-0.1, -0.05) is 0 Å². The number of nitrogen functional groups attached to an aromatic ring is 1. The van der Waals surface area contributed by atoms with Crippen molar-refractivity contribution in [2.45, 2.75) is 6.54 Å². The molecule has 0 spiro atoms. The van der Waals surface area contributed by atoms with E-state index in [2.05, 4.69) is 10.4 Å². The second-order valence-corrected chi connectivity index (χ2v) is 3.78. The first kappa shape index (κ1) is 9.72. The first-order chi connectivity index (χ1) is 7.24. The lowest BCUT2D eigenvalue weighted by molar-refractivity contribution is -0.116. The molecule has 0 aliphatic carbocycles. The molecule has 78 valence electrons. The van der Waals surface area contributed by atoms with Crippen LogP contribution in [0.1, 0.15) is 0 Å². The van der Waals surface area contributed by atoms with Crippen molar-refractivity contribution in [1.82, 2.24) is 9.78 Å². The van der Waals surface area contributed by atoms with Gasteiger partial charge < -0.3 is 11.1 Å². The second-order valence-electron chi connectivity index (χ2n) is 3.00. The molecule has 0 aliphatic rings. The standard InChI is InChI=1S/C9H10N4OS/c10-8-1-3-13(12-8)5-9(14)11-7-2-4-15-6-7/h1-4,6H,5H2,(H2,10,12)(H,11,14). The number of anilines is 2. The molecule has 5 nitrogen and oxygen atoms in total. The zero-order valence-electron chi connectivity index (χ0n) is 7.88. The molecule has 6 heteroatoms. The van der Waals surface area contributed by atoms with Crippen molar-refractivity contribution >= 4 is 28.7 Å². The first-order valence-electron chi connectivity index (χ1n) is 4.35. The highest BCUT2D eigenvalue weighted by molar-refractivity contribution is 7.08. The van der Waals surface area contributed by atoms with Gasteiger partial charge in [-0.15, -0.1) is 0 Å². The van der Waals surface area contributed by atoms with Gasteiger partial charge in [0.2, 0.25) is 5.91 Å². The summed E-state index contributed by atoms with van der Waals surface area (Å²) < 4.78 is 1.50. The number of rotatable bonds is 3. The molecule has 2 heterocycles. The summed E-state index contributed by atoms with van der Waals surface area (Å²) >= 11 is 1.53. The SMILES string of the molecule is Nc1ccn(CC(=O)Nc2ccsc2)n1. The van der Waals surface area contributed by atoms with Crippen LogP contribution in [-0.2, 0) is 11.3 Å². The Morgan fingerprint density at radius 3 is 3.07 bits per heavy atom. The van der Waals surface area contributed by atoms with Gasteiger partial charge >= 0.3 is 0 Å². The van der Waals surface area contributed by atoms with Gasteiger partial charge in [0.05, 0.1) is 5.69 Å². The predicted molar refractivity (Wildman–Crippen MR) is 59.6 cm³/mol. The number of hydrogen-bond acceptors (Lipinski definition) is 4. The summed E-state index contributed by atoms with van der Waals surface area (Å²) in [5, 5.41) is 10.4. The zero-order chi connectivity index (χ0) is 10.7. The van der Waals surface area contributed by atoms with Crippen molar-refractivity contribution < 1.29 is 4.79 Å². The van der Waals surface area contributed by atoms with E-state index in [0.29, 0.717) is 5.82 Å². The molecule has 2 aromatic rings. The van der Waals surface area contributed by atoms with E-state index in [1.165, 1.54) is 16.0 Å². The Morgan fingerprint density at radius 1 is 1.60 bits per heavy atom. The molecule has 1 amide bonds. The first-order valence-corrected chi connectivity index (χ1v) is 5.29. The number of nitrogens with two attached hydrogens (primary N) is 1. The molecule has 0 atom stereocenters. The fourth-order valence-corrected chi connectivity index (χ4v) is 1.74. The summed E-state index contributed by atoms with van der Waals surface area (Å²) in [6.45, 7) is 0.174. The molecule has 15 heavy (non-hydrogen) atoms. The van der Waals surface area contributed by atoms with Gasteiger partial charge in [-0.25, -0.2) is 0 Å². The van der Waals surface area contributed by atoms with Crippen LogP contribution in [0.15, 0.2) is 29.1 Å². The molecular formula is C9H10N4OS. The van der Waals surface area contributed by atoms with Crippen LogP contribution in [0.4, 0.5) is 11.5 Å². The predicted octanol–water partition coefficient (Wildman–Crippen LogP) is 1.17. The monoisotopic (exact) mass is 222 g/mol. The van der Waals surface area contributed by atoms with Gasteiger partial charge in [-0.05, 0) is 17.5 Å². The Kier molecular flexibility index (Phi) is 2.68. The highest BCUT2D eigenvalue weighted by atomic mass is 32.1. The largest absolute Gasteiger partial charge is 0.382 e. The summed E-state index contributed by atoms with van der Waals surface area (Å²) in [7, 11) is 0. The van der Waals surface area contributed by atoms with E-state index in [9.17, 15) is 4.79 Å². The van der Waals surface area contributed by atoms with E-state index in [-0.39, 0.29) is 12.5 Å². The Balaban J connectivity index is 1.93. The molecule has 0 saturated heterocycles. The molecule has 0 fully saturated rings. The van der Waals surface area contributed by atoms with Crippen LogP contribution in [0.5, 0.6) is 0 Å². The summed E-state index contributed by atoms with van der Waals surface area (Å²) in [5.74, 6) is 0.301. The minimum absolute atomic E-state index is 0.114. The minimum Gasteiger partial charge on any atom is -0.382 e. The summed E-state index contributed by atoms with van der Waals surface area (Å²) in [5.41, 5.74) is 6.24. The van der Waals surface area contributed by atoms with E-state index < -0.39 is 0 Å². The summed E-state index contributed by atoms with van der Waals surface area (Å²) in [6, 6.07) is 3.50. The van der Waals surface area contributed by atoms with Gasteiger partial charge in [-0.3, -0.25) is 9.48 Å². The second kappa shape index (κ2) is 4.14. The van der Waals surface area contributed by atoms with Crippen molar-refractivity contribution in [2.75, 3.05) is 11.1 Å². The van der Waals surface area contributed by atoms with Crippen LogP contribution in [0, 0.1) is 0 Å².